The molecule has 4 rings (SSSR count). The summed E-state index contributed by atoms with van der Waals surface area (Å²) < 4.78 is 10.6. The number of aryl methyl sites for hydroxylation is 1. The van der Waals surface area contributed by atoms with Gasteiger partial charge in [-0.05, 0) is 19.1 Å². The third kappa shape index (κ3) is 4.98. The molecule has 2 N–H and O–H groups in total. The zero-order valence-corrected chi connectivity index (χ0v) is 18.1. The van der Waals surface area contributed by atoms with Crippen molar-refractivity contribution >= 4 is 23.3 Å². The first-order chi connectivity index (χ1) is 15.0. The number of aromatic nitrogens is 1. The van der Waals surface area contributed by atoms with Crippen molar-refractivity contribution in [2.24, 2.45) is 0 Å². The molecule has 2 aromatic rings. The number of morpholine rings is 1. The second kappa shape index (κ2) is 9.64. The van der Waals surface area contributed by atoms with Crippen LogP contribution in [0.4, 0.5) is 0 Å². The Labute approximate surface area is 185 Å². The number of ether oxygens (including phenoxy) is 1. The van der Waals surface area contributed by atoms with Crippen LogP contribution in [0.15, 0.2) is 40.6 Å². The molecule has 1 fully saturated rings. The van der Waals surface area contributed by atoms with E-state index in [1.165, 1.54) is 0 Å². The van der Waals surface area contributed by atoms with E-state index in [1.807, 2.05) is 0 Å². The summed E-state index contributed by atoms with van der Waals surface area (Å²) in [6, 6.07) is 6.60. The maximum atomic E-state index is 13.2. The topological polar surface area (TPSA) is 96.7 Å². The van der Waals surface area contributed by atoms with Crippen LogP contribution in [0.3, 0.4) is 0 Å². The van der Waals surface area contributed by atoms with Gasteiger partial charge in [0.15, 0.2) is 5.78 Å². The number of hydrogen-bond acceptors (Lipinski definition) is 7. The number of nitrogens with one attached hydrogen (secondary N) is 2. The lowest BCUT2D eigenvalue weighted by atomic mass is 9.96. The molecule has 9 heteroatoms. The molecular formula is C22H25ClN4O4. The van der Waals surface area contributed by atoms with E-state index in [2.05, 4.69) is 20.7 Å². The Kier molecular flexibility index (Phi) is 6.70. The minimum Gasteiger partial charge on any atom is -0.379 e. The van der Waals surface area contributed by atoms with Gasteiger partial charge in [0.05, 0.1) is 18.8 Å². The normalized spacial score (nSPS) is 19.0. The van der Waals surface area contributed by atoms with Crippen molar-refractivity contribution in [2.45, 2.75) is 19.4 Å². The molecule has 31 heavy (non-hydrogen) atoms. The summed E-state index contributed by atoms with van der Waals surface area (Å²) in [7, 11) is 0. The van der Waals surface area contributed by atoms with E-state index in [4.69, 9.17) is 20.9 Å². The summed E-state index contributed by atoms with van der Waals surface area (Å²) >= 11 is 5.96. The smallest absolute Gasteiger partial charge is 0.242 e. The highest BCUT2D eigenvalue weighted by atomic mass is 35.5. The average molecular weight is 445 g/mol. The zero-order chi connectivity index (χ0) is 21.8. The highest BCUT2D eigenvalue weighted by Gasteiger charge is 2.31. The fourth-order valence-electron chi connectivity index (χ4n) is 3.76. The highest BCUT2D eigenvalue weighted by molar-refractivity contribution is 6.30. The van der Waals surface area contributed by atoms with Crippen LogP contribution in [0.2, 0.25) is 5.02 Å². The van der Waals surface area contributed by atoms with Crippen molar-refractivity contribution in [1.82, 2.24) is 20.7 Å². The molecule has 0 spiro atoms. The number of halogens is 1. The number of carbonyl (C=O) groups is 2. The molecule has 1 aromatic carbocycles. The Morgan fingerprint density at radius 2 is 2.00 bits per heavy atom. The molecule has 0 bridgehead atoms. The summed E-state index contributed by atoms with van der Waals surface area (Å²) in [6.45, 7) is 6.27. The predicted molar refractivity (Wildman–Crippen MR) is 116 cm³/mol. The molecule has 164 valence electrons. The monoisotopic (exact) mass is 444 g/mol. The van der Waals surface area contributed by atoms with Gasteiger partial charge in [-0.15, -0.1) is 0 Å². The Balaban J connectivity index is 1.36. The molecule has 0 saturated carbocycles. The average Bonchev–Trinajstić information content (AvgIpc) is 3.42. The lowest BCUT2D eigenvalue weighted by molar-refractivity contribution is -0.122. The molecule has 8 nitrogen and oxygen atoms in total. The number of hydrogen-bond donors (Lipinski definition) is 2. The van der Waals surface area contributed by atoms with Gasteiger partial charge < -0.3 is 19.9 Å². The van der Waals surface area contributed by atoms with Gasteiger partial charge in [0, 0.05) is 55.0 Å². The van der Waals surface area contributed by atoms with E-state index in [-0.39, 0.29) is 11.7 Å². The van der Waals surface area contributed by atoms with Crippen molar-refractivity contribution in [3.8, 4) is 11.3 Å². The van der Waals surface area contributed by atoms with Crippen molar-refractivity contribution in [3.63, 3.8) is 0 Å². The Morgan fingerprint density at radius 1 is 1.26 bits per heavy atom. The third-order valence-electron chi connectivity index (χ3n) is 5.53. The predicted octanol–water partition coefficient (Wildman–Crippen LogP) is 2.18. The van der Waals surface area contributed by atoms with E-state index < -0.39 is 6.04 Å². The van der Waals surface area contributed by atoms with E-state index >= 15 is 0 Å². The van der Waals surface area contributed by atoms with Crippen LogP contribution >= 0.6 is 11.6 Å². The van der Waals surface area contributed by atoms with Crippen LogP contribution in [0.1, 0.15) is 22.5 Å². The quantitative estimate of drug-likeness (QED) is 0.632. The van der Waals surface area contributed by atoms with Gasteiger partial charge in [-0.1, -0.05) is 28.9 Å². The number of benzene rings is 1. The summed E-state index contributed by atoms with van der Waals surface area (Å²) in [5, 5.41) is 10.6. The molecule has 3 heterocycles. The largest absolute Gasteiger partial charge is 0.379 e. The lowest BCUT2D eigenvalue weighted by Gasteiger charge is -2.26. The summed E-state index contributed by atoms with van der Waals surface area (Å²) in [4.78, 5) is 28.0. The maximum Gasteiger partial charge on any atom is 0.242 e. The second-order valence-corrected chi connectivity index (χ2v) is 8.07. The number of Topliss-reactive ketones (excluding diaryl/α,β-unsaturated/α-hetero) is 1. The standard InChI is InChI=1S/C22H25ClN4O4/c1-14-19(20(26-31-14)15-2-4-17(23)5-3-15)21(28)16-12-18(25-13-16)22(29)24-6-7-27-8-10-30-11-9-27/h2-5,13,18,25H,6-12H2,1H3,(H,24,29). The summed E-state index contributed by atoms with van der Waals surface area (Å²) in [5.41, 5.74) is 2.14. The Morgan fingerprint density at radius 3 is 2.74 bits per heavy atom. The molecule has 1 atom stereocenters. The van der Waals surface area contributed by atoms with E-state index in [1.54, 1.807) is 37.4 Å². The first-order valence-electron chi connectivity index (χ1n) is 10.3. The second-order valence-electron chi connectivity index (χ2n) is 7.64. The number of ketones is 1. The Hall–Kier alpha value is -2.68. The number of nitrogens with zero attached hydrogens (tertiary/aromatic N) is 2. The number of rotatable bonds is 7. The Bertz CT molecular complexity index is 980. The van der Waals surface area contributed by atoms with Crippen molar-refractivity contribution in [2.75, 3.05) is 39.4 Å². The van der Waals surface area contributed by atoms with Gasteiger partial charge in [0.25, 0.3) is 0 Å². The molecule has 0 radical (unpaired) electrons. The van der Waals surface area contributed by atoms with Crippen LogP contribution in [-0.2, 0) is 9.53 Å². The minimum atomic E-state index is -0.470. The van der Waals surface area contributed by atoms with E-state index in [9.17, 15) is 9.59 Å². The summed E-state index contributed by atoms with van der Waals surface area (Å²) in [6.07, 6.45) is 1.93. The fraction of sp³-hybridized carbons (Fsp3) is 0.409. The minimum absolute atomic E-state index is 0.118. The van der Waals surface area contributed by atoms with Crippen molar-refractivity contribution in [1.29, 1.82) is 0 Å². The fourth-order valence-corrected chi connectivity index (χ4v) is 3.88. The number of amides is 1. The van der Waals surface area contributed by atoms with Crippen LogP contribution in [0.25, 0.3) is 11.3 Å². The molecular weight excluding hydrogens is 420 g/mol. The van der Waals surface area contributed by atoms with Gasteiger partial charge in [-0.2, -0.15) is 0 Å². The molecule has 2 aliphatic rings. The summed E-state index contributed by atoms with van der Waals surface area (Å²) in [5.74, 6) is 0.126. The highest BCUT2D eigenvalue weighted by Crippen LogP contribution is 2.30. The van der Waals surface area contributed by atoms with Crippen LogP contribution in [-0.4, -0.2) is 67.2 Å². The first-order valence-corrected chi connectivity index (χ1v) is 10.7. The van der Waals surface area contributed by atoms with Crippen LogP contribution < -0.4 is 10.6 Å². The van der Waals surface area contributed by atoms with Gasteiger partial charge in [0.1, 0.15) is 17.5 Å². The van der Waals surface area contributed by atoms with Crippen molar-refractivity contribution < 1.29 is 18.8 Å². The maximum absolute atomic E-state index is 13.2. The van der Waals surface area contributed by atoms with E-state index in [0.717, 1.165) is 38.4 Å². The molecule has 1 amide bonds. The first kappa shape index (κ1) is 21.5. The third-order valence-corrected chi connectivity index (χ3v) is 5.78. The zero-order valence-electron chi connectivity index (χ0n) is 17.3. The van der Waals surface area contributed by atoms with Crippen LogP contribution in [0.5, 0.6) is 0 Å². The van der Waals surface area contributed by atoms with Crippen LogP contribution in [0, 0.1) is 6.92 Å². The van der Waals surface area contributed by atoms with E-state index in [0.29, 0.717) is 40.6 Å². The van der Waals surface area contributed by atoms with Gasteiger partial charge >= 0.3 is 0 Å². The number of carbonyl (C=O) groups excluding carboxylic acids is 2. The van der Waals surface area contributed by atoms with Crippen molar-refractivity contribution in [3.05, 3.63) is 52.4 Å². The molecule has 0 aliphatic carbocycles. The SMILES string of the molecule is Cc1onc(-c2ccc(Cl)cc2)c1C(=O)C1=CNC(C(=O)NCCN2CCOCC2)C1. The molecule has 1 saturated heterocycles. The molecule has 2 aliphatic heterocycles. The molecule has 1 aromatic heterocycles. The van der Waals surface area contributed by atoms with Gasteiger partial charge in [-0.3, -0.25) is 14.5 Å². The van der Waals surface area contributed by atoms with Gasteiger partial charge in [-0.25, -0.2) is 0 Å². The van der Waals surface area contributed by atoms with Gasteiger partial charge in [0.2, 0.25) is 5.91 Å². The molecule has 1 unspecified atom stereocenters. The lowest BCUT2D eigenvalue weighted by Crippen LogP contribution is -2.45.